The third-order valence-electron chi connectivity index (χ3n) is 2.58. The van der Waals surface area contributed by atoms with E-state index in [2.05, 4.69) is 15.6 Å². The molecule has 1 amide bonds. The second-order valence-electron chi connectivity index (χ2n) is 3.64. The molecular formula is C9H15N3OS. The molecule has 2 aliphatic rings. The van der Waals surface area contributed by atoms with Gasteiger partial charge in [0.15, 0.2) is 5.96 Å². The van der Waals surface area contributed by atoms with E-state index in [4.69, 9.17) is 0 Å². The first-order chi connectivity index (χ1) is 6.77. The molecule has 1 spiro atoms. The number of hydrogen-bond donors (Lipinski definition) is 2. The quantitative estimate of drug-likeness (QED) is 0.661. The highest BCUT2D eigenvalue weighted by atomic mass is 32.2. The van der Waals surface area contributed by atoms with Gasteiger partial charge >= 0.3 is 0 Å². The van der Waals surface area contributed by atoms with E-state index in [1.165, 1.54) is 0 Å². The van der Waals surface area contributed by atoms with Crippen molar-refractivity contribution >= 4 is 23.6 Å². The first-order valence-corrected chi connectivity index (χ1v) is 6.14. The van der Waals surface area contributed by atoms with Crippen LogP contribution in [-0.2, 0) is 4.79 Å². The molecule has 2 fully saturated rings. The van der Waals surface area contributed by atoms with Crippen LogP contribution >= 0.6 is 11.8 Å². The van der Waals surface area contributed by atoms with E-state index in [0.717, 1.165) is 24.3 Å². The predicted octanol–water partition coefficient (Wildman–Crippen LogP) is 0.347. The summed E-state index contributed by atoms with van der Waals surface area (Å²) in [6.45, 7) is 2.66. The second-order valence-corrected chi connectivity index (χ2v) is 4.75. The van der Waals surface area contributed by atoms with Gasteiger partial charge in [-0.15, -0.1) is 0 Å². The van der Waals surface area contributed by atoms with Gasteiger partial charge in [-0.25, -0.2) is 0 Å². The van der Waals surface area contributed by atoms with E-state index in [1.807, 2.05) is 18.7 Å². The van der Waals surface area contributed by atoms with Gasteiger partial charge in [0.25, 0.3) is 5.91 Å². The number of nitrogens with zero attached hydrogens (tertiary/aromatic N) is 1. The van der Waals surface area contributed by atoms with Crippen molar-refractivity contribution in [1.29, 1.82) is 0 Å². The van der Waals surface area contributed by atoms with E-state index in [9.17, 15) is 4.79 Å². The molecule has 78 valence electrons. The van der Waals surface area contributed by atoms with Gasteiger partial charge in [-0.1, -0.05) is 0 Å². The monoisotopic (exact) mass is 213 g/mol. The molecule has 0 aromatic heterocycles. The predicted molar refractivity (Wildman–Crippen MR) is 58.5 cm³/mol. The van der Waals surface area contributed by atoms with E-state index in [1.54, 1.807) is 0 Å². The number of guanidine groups is 1. The lowest BCUT2D eigenvalue weighted by Gasteiger charge is -2.29. The topological polar surface area (TPSA) is 53.5 Å². The molecule has 0 saturated carbocycles. The lowest BCUT2D eigenvalue weighted by molar-refractivity contribution is -0.123. The molecule has 2 N–H and O–H groups in total. The van der Waals surface area contributed by atoms with Crippen molar-refractivity contribution in [1.82, 2.24) is 10.6 Å². The Kier molecular flexibility index (Phi) is 2.67. The van der Waals surface area contributed by atoms with E-state index in [-0.39, 0.29) is 11.4 Å². The molecule has 0 aliphatic carbocycles. The molecule has 0 bridgehead atoms. The van der Waals surface area contributed by atoms with Gasteiger partial charge in [0.05, 0.1) is 0 Å². The highest BCUT2D eigenvalue weighted by Gasteiger charge is 2.45. The largest absolute Gasteiger partial charge is 0.341 e. The molecule has 0 aromatic carbocycles. The summed E-state index contributed by atoms with van der Waals surface area (Å²) in [7, 11) is 0. The molecule has 2 aliphatic heterocycles. The Morgan fingerprint density at radius 2 is 2.50 bits per heavy atom. The van der Waals surface area contributed by atoms with Crippen molar-refractivity contribution in [2.24, 2.45) is 4.99 Å². The van der Waals surface area contributed by atoms with Crippen LogP contribution in [0.1, 0.15) is 19.8 Å². The summed E-state index contributed by atoms with van der Waals surface area (Å²) in [4.78, 5) is 16.0. The zero-order valence-electron chi connectivity index (χ0n) is 8.30. The third-order valence-corrected chi connectivity index (χ3v) is 3.86. The number of rotatable bonds is 1. The van der Waals surface area contributed by atoms with Gasteiger partial charge < -0.3 is 5.32 Å². The van der Waals surface area contributed by atoms with E-state index >= 15 is 0 Å². The maximum absolute atomic E-state index is 11.8. The van der Waals surface area contributed by atoms with Crippen molar-refractivity contribution in [3.8, 4) is 0 Å². The molecule has 5 heteroatoms. The second kappa shape index (κ2) is 3.81. The van der Waals surface area contributed by atoms with Crippen LogP contribution in [0.2, 0.25) is 0 Å². The van der Waals surface area contributed by atoms with E-state index < -0.39 is 0 Å². The number of thioether (sulfide) groups is 1. The van der Waals surface area contributed by atoms with E-state index in [0.29, 0.717) is 12.5 Å². The van der Waals surface area contributed by atoms with Crippen LogP contribution in [0.3, 0.4) is 0 Å². The lowest BCUT2D eigenvalue weighted by atomic mass is 9.96. The van der Waals surface area contributed by atoms with Crippen LogP contribution in [-0.4, -0.2) is 35.5 Å². The fraction of sp³-hybridized carbons (Fsp3) is 0.778. The summed E-state index contributed by atoms with van der Waals surface area (Å²) in [6.07, 6.45) is 2.03. The number of carbonyl (C=O) groups excluding carboxylic acids is 1. The summed E-state index contributed by atoms with van der Waals surface area (Å²) in [6, 6.07) is 0. The highest BCUT2D eigenvalue weighted by Crippen LogP contribution is 2.28. The number of hydrogen-bond acceptors (Lipinski definition) is 3. The van der Waals surface area contributed by atoms with Crippen LogP contribution in [0.25, 0.3) is 0 Å². The first-order valence-electron chi connectivity index (χ1n) is 4.99. The molecule has 0 aromatic rings. The Bertz CT molecular complexity index is 271. The Hall–Kier alpha value is -0.710. The molecule has 2 saturated heterocycles. The lowest BCUT2D eigenvalue weighted by Crippen LogP contribution is -2.51. The molecular weight excluding hydrogens is 198 g/mol. The number of nitrogens with one attached hydrogen (secondary N) is 2. The van der Waals surface area contributed by atoms with Crippen molar-refractivity contribution < 1.29 is 4.79 Å². The van der Waals surface area contributed by atoms with Crippen LogP contribution in [0.4, 0.5) is 0 Å². The minimum atomic E-state index is -0.364. The summed E-state index contributed by atoms with van der Waals surface area (Å²) >= 11 is 1.84. The fourth-order valence-electron chi connectivity index (χ4n) is 1.85. The molecule has 2 rings (SSSR count). The van der Waals surface area contributed by atoms with Crippen LogP contribution in [0.5, 0.6) is 0 Å². The average molecular weight is 213 g/mol. The molecule has 4 nitrogen and oxygen atoms in total. The normalized spacial score (nSPS) is 34.6. The van der Waals surface area contributed by atoms with Crippen molar-refractivity contribution in [2.45, 2.75) is 25.3 Å². The van der Waals surface area contributed by atoms with Gasteiger partial charge in [0.1, 0.15) is 5.54 Å². The standard InChI is InChI=1S/C9H15N3OS/c1-2-10-8-11-7(13)9(12-8)4-3-5-14-6-9/h2-6H2,1H3,(H2,10,11,12,13). The summed E-state index contributed by atoms with van der Waals surface area (Å²) in [5.41, 5.74) is -0.364. The molecule has 2 heterocycles. The maximum Gasteiger partial charge on any atom is 0.253 e. The Morgan fingerprint density at radius 1 is 1.64 bits per heavy atom. The van der Waals surface area contributed by atoms with Gasteiger partial charge in [-0.05, 0) is 25.5 Å². The van der Waals surface area contributed by atoms with Crippen molar-refractivity contribution in [3.05, 3.63) is 0 Å². The molecule has 1 unspecified atom stereocenters. The number of aliphatic imine (C=N–C) groups is 1. The SMILES string of the molecule is CCN=C1NC(=O)C2(CCCSC2)N1. The van der Waals surface area contributed by atoms with Crippen molar-refractivity contribution in [3.63, 3.8) is 0 Å². The summed E-state index contributed by atoms with van der Waals surface area (Å²) < 4.78 is 0. The minimum absolute atomic E-state index is 0.0944. The molecule has 0 radical (unpaired) electrons. The Balaban J connectivity index is 2.13. The van der Waals surface area contributed by atoms with Gasteiger partial charge in [-0.2, -0.15) is 11.8 Å². The highest BCUT2D eigenvalue weighted by molar-refractivity contribution is 7.99. The maximum atomic E-state index is 11.8. The van der Waals surface area contributed by atoms with Gasteiger partial charge in [0, 0.05) is 12.3 Å². The summed E-state index contributed by atoms with van der Waals surface area (Å²) in [5.74, 6) is 2.77. The smallest absolute Gasteiger partial charge is 0.253 e. The van der Waals surface area contributed by atoms with Crippen molar-refractivity contribution in [2.75, 3.05) is 18.1 Å². The molecule has 1 atom stereocenters. The minimum Gasteiger partial charge on any atom is -0.341 e. The average Bonchev–Trinajstić information content (AvgIpc) is 2.45. The van der Waals surface area contributed by atoms with Crippen LogP contribution in [0.15, 0.2) is 4.99 Å². The van der Waals surface area contributed by atoms with Gasteiger partial charge in [-0.3, -0.25) is 15.1 Å². The van der Waals surface area contributed by atoms with Crippen LogP contribution in [0, 0.1) is 0 Å². The zero-order valence-corrected chi connectivity index (χ0v) is 9.12. The number of amides is 1. The fourth-order valence-corrected chi connectivity index (χ4v) is 3.04. The first kappa shape index (κ1) is 9.83. The summed E-state index contributed by atoms with van der Waals surface area (Å²) in [5, 5.41) is 6.03. The third kappa shape index (κ3) is 1.61. The Labute approximate surface area is 87.9 Å². The van der Waals surface area contributed by atoms with Gasteiger partial charge in [0.2, 0.25) is 0 Å². The number of carbonyl (C=O) groups is 1. The van der Waals surface area contributed by atoms with Crippen LogP contribution < -0.4 is 10.6 Å². The zero-order chi connectivity index (χ0) is 10.0. The Morgan fingerprint density at radius 3 is 3.14 bits per heavy atom. The molecule has 14 heavy (non-hydrogen) atoms.